The van der Waals surface area contributed by atoms with Crippen molar-refractivity contribution in [2.24, 2.45) is 0 Å². The highest BCUT2D eigenvalue weighted by Gasteiger charge is 2.07. The monoisotopic (exact) mass is 395 g/mol. The van der Waals surface area contributed by atoms with Crippen LogP contribution in [0.4, 0.5) is 0 Å². The Hall–Kier alpha value is -0.170. The maximum Gasteiger partial charge on any atom is 0.394 e. The number of hydrogen-bond donors (Lipinski definition) is 3. The minimum atomic E-state index is -4.67. The molecule has 1 atom stereocenters. The second-order valence-corrected chi connectivity index (χ2v) is 8.11. The van der Waals surface area contributed by atoms with Crippen molar-refractivity contribution >= 4 is 10.4 Å². The summed E-state index contributed by atoms with van der Waals surface area (Å²) in [5, 5.41) is 3.83. The minimum Gasteiger partial charge on any atom is -0.314 e. The van der Waals surface area contributed by atoms with Gasteiger partial charge in [0, 0.05) is 6.04 Å². The fraction of sp³-hybridized carbons (Fsp3) is 1.00. The average molecular weight is 396 g/mol. The topological polar surface area (TPSA) is 86.6 Å². The van der Waals surface area contributed by atoms with Crippen molar-refractivity contribution in [3.05, 3.63) is 0 Å². The van der Waals surface area contributed by atoms with Gasteiger partial charge in [-0.3, -0.25) is 9.11 Å². The molecule has 0 aromatic carbocycles. The maximum atomic E-state index is 8.74. The van der Waals surface area contributed by atoms with E-state index < -0.39 is 10.4 Å². The van der Waals surface area contributed by atoms with Crippen molar-refractivity contribution in [3.63, 3.8) is 0 Å². The van der Waals surface area contributed by atoms with E-state index >= 15 is 0 Å². The van der Waals surface area contributed by atoms with Gasteiger partial charge in [0.05, 0.1) is 0 Å². The van der Waals surface area contributed by atoms with Gasteiger partial charge in [-0.05, 0) is 25.8 Å². The fourth-order valence-corrected chi connectivity index (χ4v) is 3.02. The van der Waals surface area contributed by atoms with Crippen LogP contribution in [0.15, 0.2) is 0 Å². The third-order valence-corrected chi connectivity index (χ3v) is 4.53. The summed E-state index contributed by atoms with van der Waals surface area (Å²) >= 11 is 0. The zero-order valence-electron chi connectivity index (χ0n) is 17.5. The molecule has 0 rings (SSSR count). The number of nitrogens with one attached hydrogen (secondary N) is 1. The van der Waals surface area contributed by atoms with E-state index in [-0.39, 0.29) is 0 Å². The average Bonchev–Trinajstić information content (AvgIpc) is 2.56. The molecule has 1 unspecified atom stereocenters. The minimum absolute atomic E-state index is 0.796. The molecule has 0 fully saturated rings. The molecule has 6 heteroatoms. The maximum absolute atomic E-state index is 8.74. The van der Waals surface area contributed by atoms with Gasteiger partial charge >= 0.3 is 10.4 Å². The predicted octanol–water partition coefficient (Wildman–Crippen LogP) is 6.20. The second-order valence-electron chi connectivity index (χ2n) is 7.21. The van der Waals surface area contributed by atoms with Gasteiger partial charge in [0.1, 0.15) is 0 Å². The molecule has 0 bridgehead atoms. The third kappa shape index (κ3) is 31.6. The van der Waals surface area contributed by atoms with Crippen molar-refractivity contribution in [1.29, 1.82) is 0 Å². The van der Waals surface area contributed by atoms with Gasteiger partial charge in [-0.1, -0.05) is 97.8 Å². The lowest BCUT2D eigenvalue weighted by Gasteiger charge is -2.19. The van der Waals surface area contributed by atoms with Gasteiger partial charge in [-0.25, -0.2) is 0 Å². The Kier molecular flexibility index (Phi) is 22.8. The van der Waals surface area contributed by atoms with E-state index in [1.165, 1.54) is 103 Å². The zero-order chi connectivity index (χ0) is 20.1. The van der Waals surface area contributed by atoms with Gasteiger partial charge in [0.2, 0.25) is 0 Å². The molecule has 0 saturated carbocycles. The molecule has 0 heterocycles. The summed E-state index contributed by atoms with van der Waals surface area (Å²) < 4.78 is 31.6. The molecule has 0 spiro atoms. The Morgan fingerprint density at radius 1 is 0.654 bits per heavy atom. The van der Waals surface area contributed by atoms with Crippen molar-refractivity contribution in [1.82, 2.24) is 5.32 Å². The third-order valence-electron chi connectivity index (χ3n) is 4.53. The van der Waals surface area contributed by atoms with Crippen LogP contribution in [0.5, 0.6) is 0 Å². The first kappa shape index (κ1) is 28.0. The quantitative estimate of drug-likeness (QED) is 0.201. The normalized spacial score (nSPS) is 12.5. The Bertz CT molecular complexity index is 341. The van der Waals surface area contributed by atoms with Crippen molar-refractivity contribution in [3.8, 4) is 0 Å². The molecular formula is C20H45NO4S. The van der Waals surface area contributed by atoms with Crippen LogP contribution < -0.4 is 5.32 Å². The summed E-state index contributed by atoms with van der Waals surface area (Å²) in [5.41, 5.74) is 0. The summed E-state index contributed by atoms with van der Waals surface area (Å²) in [4.78, 5) is 0. The zero-order valence-corrected chi connectivity index (χ0v) is 18.3. The van der Waals surface area contributed by atoms with Crippen LogP contribution >= 0.6 is 0 Å². The van der Waals surface area contributed by atoms with Gasteiger partial charge in [0.15, 0.2) is 0 Å². The first-order chi connectivity index (χ1) is 12.3. The van der Waals surface area contributed by atoms with E-state index in [1.54, 1.807) is 0 Å². The highest BCUT2D eigenvalue weighted by atomic mass is 32.3. The first-order valence-electron chi connectivity index (χ1n) is 10.8. The van der Waals surface area contributed by atoms with Crippen molar-refractivity contribution in [2.75, 3.05) is 6.54 Å². The van der Waals surface area contributed by atoms with Crippen molar-refractivity contribution < 1.29 is 17.5 Å². The summed E-state index contributed by atoms with van der Waals surface area (Å²) in [6.07, 6.45) is 21.1. The molecule has 0 aliphatic carbocycles. The van der Waals surface area contributed by atoms with E-state index in [2.05, 4.69) is 26.1 Å². The SMILES string of the molecule is CCCCCCCCC(CCCCCC)NCCCCC.O=S(=O)(O)O. The van der Waals surface area contributed by atoms with E-state index in [0.717, 1.165) is 6.04 Å². The summed E-state index contributed by atoms with van der Waals surface area (Å²) in [5.74, 6) is 0. The van der Waals surface area contributed by atoms with Crippen LogP contribution in [0.2, 0.25) is 0 Å². The molecule has 0 saturated heterocycles. The van der Waals surface area contributed by atoms with Gasteiger partial charge < -0.3 is 5.32 Å². The summed E-state index contributed by atoms with van der Waals surface area (Å²) in [6, 6.07) is 0.796. The van der Waals surface area contributed by atoms with Crippen LogP contribution in [0.1, 0.15) is 117 Å². The van der Waals surface area contributed by atoms with Crippen molar-refractivity contribution in [2.45, 2.75) is 123 Å². The fourth-order valence-electron chi connectivity index (χ4n) is 3.02. The molecular weight excluding hydrogens is 350 g/mol. The highest BCUT2D eigenvalue weighted by molar-refractivity contribution is 7.79. The van der Waals surface area contributed by atoms with E-state index in [9.17, 15) is 0 Å². The lowest BCUT2D eigenvalue weighted by atomic mass is 10.0. The lowest BCUT2D eigenvalue weighted by Crippen LogP contribution is -2.30. The number of rotatable bonds is 17. The molecule has 0 amide bonds. The Morgan fingerprint density at radius 3 is 1.46 bits per heavy atom. The van der Waals surface area contributed by atoms with Crippen LogP contribution in [0.3, 0.4) is 0 Å². The number of unbranched alkanes of at least 4 members (excludes halogenated alkanes) is 10. The predicted molar refractivity (Wildman–Crippen MR) is 112 cm³/mol. The smallest absolute Gasteiger partial charge is 0.314 e. The molecule has 5 nitrogen and oxygen atoms in total. The molecule has 0 aromatic rings. The van der Waals surface area contributed by atoms with Gasteiger partial charge in [0.25, 0.3) is 0 Å². The molecule has 160 valence electrons. The Morgan fingerprint density at radius 2 is 1.00 bits per heavy atom. The molecule has 26 heavy (non-hydrogen) atoms. The molecule has 0 aliphatic rings. The van der Waals surface area contributed by atoms with E-state index in [1.807, 2.05) is 0 Å². The molecule has 0 aromatic heterocycles. The largest absolute Gasteiger partial charge is 0.394 e. The highest BCUT2D eigenvalue weighted by Crippen LogP contribution is 2.13. The van der Waals surface area contributed by atoms with Crippen LogP contribution in [0.25, 0.3) is 0 Å². The summed E-state index contributed by atoms with van der Waals surface area (Å²) in [6.45, 7) is 8.13. The Balaban J connectivity index is 0. The number of hydrogen-bond acceptors (Lipinski definition) is 3. The standard InChI is InChI=1S/C20H43N.H2O4S/c1-4-7-10-12-13-15-18-20(17-14-11-8-5-2)21-19-16-9-6-3;1-5(2,3)4/h20-21H,4-19H2,1-3H3;(H2,1,2,3,4). The lowest BCUT2D eigenvalue weighted by molar-refractivity contribution is 0.381. The van der Waals surface area contributed by atoms with E-state index in [4.69, 9.17) is 17.5 Å². The van der Waals surface area contributed by atoms with Crippen LogP contribution in [-0.2, 0) is 10.4 Å². The summed E-state index contributed by atoms with van der Waals surface area (Å²) in [7, 11) is -4.67. The van der Waals surface area contributed by atoms with Crippen LogP contribution in [-0.4, -0.2) is 30.1 Å². The van der Waals surface area contributed by atoms with Gasteiger partial charge in [-0.2, -0.15) is 8.42 Å². The Labute approximate surface area is 163 Å². The second kappa shape index (κ2) is 21.1. The van der Waals surface area contributed by atoms with Crippen LogP contribution in [0, 0.1) is 0 Å². The molecule has 0 aliphatic heterocycles. The first-order valence-corrected chi connectivity index (χ1v) is 12.2. The molecule has 3 N–H and O–H groups in total. The van der Waals surface area contributed by atoms with Gasteiger partial charge in [-0.15, -0.1) is 0 Å². The van der Waals surface area contributed by atoms with E-state index in [0.29, 0.717) is 0 Å². The molecule has 0 radical (unpaired) electrons.